The van der Waals surface area contributed by atoms with Gasteiger partial charge in [0.05, 0.1) is 34.4 Å². The number of hydrogen-bond donors (Lipinski definition) is 1. The Morgan fingerprint density at radius 3 is 2.85 bits per heavy atom. The highest BCUT2D eigenvalue weighted by molar-refractivity contribution is 7.99. The van der Waals surface area contributed by atoms with Crippen molar-refractivity contribution in [3.63, 3.8) is 0 Å². The second-order valence-electron chi connectivity index (χ2n) is 5.93. The fourth-order valence-corrected chi connectivity index (χ4v) is 3.58. The predicted molar refractivity (Wildman–Crippen MR) is 107 cm³/mol. The van der Waals surface area contributed by atoms with Gasteiger partial charge in [-0.05, 0) is 18.6 Å². The minimum atomic E-state index is -0.129. The molecule has 0 aliphatic heterocycles. The van der Waals surface area contributed by atoms with Crippen LogP contribution in [-0.2, 0) is 17.9 Å². The van der Waals surface area contributed by atoms with Gasteiger partial charge in [-0.3, -0.25) is 18.8 Å². The van der Waals surface area contributed by atoms with Crippen LogP contribution in [0.1, 0.15) is 13.3 Å². The molecule has 2 aromatic heterocycles. The van der Waals surface area contributed by atoms with Crippen LogP contribution in [0.3, 0.4) is 0 Å². The summed E-state index contributed by atoms with van der Waals surface area (Å²) in [6.07, 6.45) is 4.13. The minimum Gasteiger partial charge on any atom is -0.355 e. The Labute approximate surface area is 165 Å². The topological polar surface area (TPSA) is 81.8 Å². The first-order valence-electron chi connectivity index (χ1n) is 8.65. The molecule has 0 saturated carbocycles. The largest absolute Gasteiger partial charge is 0.355 e. The number of thioether (sulfide) groups is 1. The lowest BCUT2D eigenvalue weighted by molar-refractivity contribution is -0.118. The van der Waals surface area contributed by atoms with Crippen LogP contribution in [0.15, 0.2) is 46.6 Å². The molecule has 27 heavy (non-hydrogen) atoms. The average Bonchev–Trinajstić information content (AvgIpc) is 3.09. The predicted octanol–water partition coefficient (Wildman–Crippen LogP) is 2.56. The molecule has 0 spiro atoms. The first kappa shape index (κ1) is 19.4. The summed E-state index contributed by atoms with van der Waals surface area (Å²) < 4.78 is 3.27. The number of halogens is 1. The van der Waals surface area contributed by atoms with Crippen molar-refractivity contribution in [2.75, 3.05) is 12.3 Å². The molecule has 1 amide bonds. The Morgan fingerprint density at radius 2 is 2.11 bits per heavy atom. The van der Waals surface area contributed by atoms with Gasteiger partial charge in [0.25, 0.3) is 5.56 Å². The van der Waals surface area contributed by atoms with Crippen LogP contribution in [0.4, 0.5) is 0 Å². The third-order valence-corrected chi connectivity index (χ3v) is 5.06. The second kappa shape index (κ2) is 9.05. The Bertz CT molecular complexity index is 1000. The van der Waals surface area contributed by atoms with E-state index in [1.807, 2.05) is 19.1 Å². The molecule has 7 nitrogen and oxygen atoms in total. The first-order chi connectivity index (χ1) is 13.1. The van der Waals surface area contributed by atoms with E-state index in [1.54, 1.807) is 33.8 Å². The van der Waals surface area contributed by atoms with Crippen LogP contribution < -0.4 is 10.9 Å². The molecule has 2 heterocycles. The number of benzene rings is 1. The molecular weight excluding hydrogens is 386 g/mol. The summed E-state index contributed by atoms with van der Waals surface area (Å²) in [5, 5.41) is 8.58. The van der Waals surface area contributed by atoms with Crippen LogP contribution in [0.5, 0.6) is 0 Å². The van der Waals surface area contributed by atoms with Gasteiger partial charge >= 0.3 is 0 Å². The molecule has 0 aliphatic carbocycles. The number of fused-ring (bicyclic) bond motifs is 1. The van der Waals surface area contributed by atoms with E-state index in [4.69, 9.17) is 11.6 Å². The number of amides is 1. The molecule has 0 fully saturated rings. The highest BCUT2D eigenvalue weighted by atomic mass is 35.5. The van der Waals surface area contributed by atoms with E-state index >= 15 is 0 Å². The van der Waals surface area contributed by atoms with Gasteiger partial charge in [0.1, 0.15) is 0 Å². The van der Waals surface area contributed by atoms with E-state index in [9.17, 15) is 9.59 Å². The van der Waals surface area contributed by atoms with Gasteiger partial charge in [-0.1, -0.05) is 42.4 Å². The van der Waals surface area contributed by atoms with E-state index in [-0.39, 0.29) is 17.2 Å². The molecule has 0 bridgehead atoms. The zero-order valence-electron chi connectivity index (χ0n) is 14.9. The molecule has 1 N–H and O–H groups in total. The van der Waals surface area contributed by atoms with Crippen LogP contribution in [0.25, 0.3) is 10.9 Å². The summed E-state index contributed by atoms with van der Waals surface area (Å²) in [6, 6.07) is 7.21. The third-order valence-electron chi connectivity index (χ3n) is 3.89. The summed E-state index contributed by atoms with van der Waals surface area (Å²) in [6.45, 7) is 3.49. The van der Waals surface area contributed by atoms with Crippen molar-refractivity contribution in [1.29, 1.82) is 0 Å². The van der Waals surface area contributed by atoms with Gasteiger partial charge in [-0.15, -0.1) is 0 Å². The smallest absolute Gasteiger partial charge is 0.262 e. The molecule has 0 radical (unpaired) electrons. The quantitative estimate of drug-likeness (QED) is 0.460. The van der Waals surface area contributed by atoms with E-state index in [2.05, 4.69) is 15.4 Å². The Morgan fingerprint density at radius 1 is 1.30 bits per heavy atom. The van der Waals surface area contributed by atoms with E-state index in [0.717, 1.165) is 6.42 Å². The van der Waals surface area contributed by atoms with Crippen LogP contribution in [0.2, 0.25) is 5.02 Å². The Balaban J connectivity index is 1.87. The second-order valence-corrected chi connectivity index (χ2v) is 7.31. The van der Waals surface area contributed by atoms with Crippen LogP contribution in [0, 0.1) is 0 Å². The Hall–Kier alpha value is -2.32. The number of hydrogen-bond acceptors (Lipinski definition) is 5. The fourth-order valence-electron chi connectivity index (χ4n) is 2.56. The van der Waals surface area contributed by atoms with Crippen LogP contribution >= 0.6 is 23.4 Å². The van der Waals surface area contributed by atoms with Crippen molar-refractivity contribution in [2.24, 2.45) is 0 Å². The molecule has 142 valence electrons. The van der Waals surface area contributed by atoms with Crippen molar-refractivity contribution in [3.8, 4) is 0 Å². The number of aromatic nitrogens is 4. The zero-order valence-corrected chi connectivity index (χ0v) is 16.5. The van der Waals surface area contributed by atoms with Crippen molar-refractivity contribution in [1.82, 2.24) is 24.6 Å². The summed E-state index contributed by atoms with van der Waals surface area (Å²) in [5.41, 5.74) is 0.493. The molecule has 1 aromatic carbocycles. The number of rotatable bonds is 8. The molecule has 3 rings (SSSR count). The monoisotopic (exact) mass is 405 g/mol. The lowest BCUT2D eigenvalue weighted by atomic mass is 10.2. The highest BCUT2D eigenvalue weighted by Gasteiger charge is 2.13. The summed E-state index contributed by atoms with van der Waals surface area (Å²) in [7, 11) is 0. The molecule has 0 unspecified atom stereocenters. The lowest BCUT2D eigenvalue weighted by Crippen LogP contribution is -2.28. The molecule has 0 aliphatic rings. The number of carbonyl (C=O) groups excluding carboxylic acids is 1. The minimum absolute atomic E-state index is 0.0744. The first-order valence-corrected chi connectivity index (χ1v) is 10.0. The number of para-hydroxylation sites is 1. The third kappa shape index (κ3) is 4.90. The number of nitrogens with one attached hydrogen (secondary N) is 1. The average molecular weight is 406 g/mol. The summed E-state index contributed by atoms with van der Waals surface area (Å²) >= 11 is 7.16. The number of nitrogens with zero attached hydrogens (tertiary/aromatic N) is 4. The van der Waals surface area contributed by atoms with E-state index in [0.29, 0.717) is 40.7 Å². The zero-order chi connectivity index (χ0) is 19.2. The number of aryl methyl sites for hydroxylation is 1. The van der Waals surface area contributed by atoms with Crippen molar-refractivity contribution in [3.05, 3.63) is 52.0 Å². The molecule has 0 saturated heterocycles. The number of carbonyl (C=O) groups is 1. The maximum atomic E-state index is 12.9. The van der Waals surface area contributed by atoms with Gasteiger partial charge in [0, 0.05) is 19.3 Å². The normalized spacial score (nSPS) is 11.0. The molecular formula is C18H20ClN5O2S. The lowest BCUT2D eigenvalue weighted by Gasteiger charge is -2.13. The molecule has 0 atom stereocenters. The standard InChI is InChI=1S/C18H20ClN5O2S/c1-2-7-20-16(25)12-27-18-22-15-6-4-3-5-14(15)17(26)24(18)9-8-23-11-13(19)10-21-23/h3-6,10-11H,2,7-9,12H2,1H3,(H,20,25). The molecule has 9 heteroatoms. The van der Waals surface area contributed by atoms with Gasteiger partial charge in [-0.25, -0.2) is 4.98 Å². The maximum Gasteiger partial charge on any atom is 0.262 e. The summed E-state index contributed by atoms with van der Waals surface area (Å²) in [4.78, 5) is 29.5. The van der Waals surface area contributed by atoms with Crippen molar-refractivity contribution >= 4 is 40.2 Å². The van der Waals surface area contributed by atoms with Gasteiger partial charge in [0.2, 0.25) is 5.91 Å². The van der Waals surface area contributed by atoms with E-state index < -0.39 is 0 Å². The van der Waals surface area contributed by atoms with Gasteiger partial charge in [-0.2, -0.15) is 5.10 Å². The van der Waals surface area contributed by atoms with Crippen molar-refractivity contribution in [2.45, 2.75) is 31.6 Å². The van der Waals surface area contributed by atoms with Gasteiger partial charge in [0.15, 0.2) is 5.16 Å². The highest BCUT2D eigenvalue weighted by Crippen LogP contribution is 2.18. The Kier molecular flexibility index (Phi) is 6.52. The summed E-state index contributed by atoms with van der Waals surface area (Å²) in [5.74, 6) is 0.132. The molecule has 3 aromatic rings. The SMILES string of the molecule is CCCNC(=O)CSc1nc2ccccc2c(=O)n1CCn1cc(Cl)cn1. The van der Waals surface area contributed by atoms with Crippen molar-refractivity contribution < 1.29 is 4.79 Å². The van der Waals surface area contributed by atoms with Crippen LogP contribution in [-0.4, -0.2) is 37.5 Å². The van der Waals surface area contributed by atoms with Gasteiger partial charge < -0.3 is 5.32 Å². The maximum absolute atomic E-state index is 12.9. The fraction of sp³-hybridized carbons (Fsp3) is 0.333. The van der Waals surface area contributed by atoms with E-state index in [1.165, 1.54) is 11.8 Å².